The molecule has 2 N–H and O–H groups in total. The van der Waals surface area contributed by atoms with Crippen molar-refractivity contribution in [3.8, 4) is 0 Å². The standard InChI is InChI=1S/C10H21NO3/c1-8(13)4-11-5-9(6-12)14-10(2,3)7-11/h8-9,12-13H,4-7H2,1-3H3/t8-,9?/m0/s1. The number of ether oxygens (including phenoxy) is 1. The Morgan fingerprint density at radius 1 is 1.57 bits per heavy atom. The van der Waals surface area contributed by atoms with Crippen LogP contribution in [-0.4, -0.2) is 59.2 Å². The van der Waals surface area contributed by atoms with Crippen LogP contribution >= 0.6 is 0 Å². The summed E-state index contributed by atoms with van der Waals surface area (Å²) in [6.45, 7) is 7.96. The Kier molecular flexibility index (Phi) is 3.89. The van der Waals surface area contributed by atoms with Gasteiger partial charge in [0.05, 0.1) is 24.4 Å². The smallest absolute Gasteiger partial charge is 0.0940 e. The van der Waals surface area contributed by atoms with Crippen molar-refractivity contribution in [2.75, 3.05) is 26.2 Å². The molecule has 4 heteroatoms. The van der Waals surface area contributed by atoms with Gasteiger partial charge in [-0.3, -0.25) is 4.90 Å². The summed E-state index contributed by atoms with van der Waals surface area (Å²) in [4.78, 5) is 2.13. The molecule has 0 aliphatic carbocycles. The maximum Gasteiger partial charge on any atom is 0.0940 e. The van der Waals surface area contributed by atoms with Crippen LogP contribution in [0.5, 0.6) is 0 Å². The third kappa shape index (κ3) is 3.53. The molecular formula is C10H21NO3. The number of hydrogen-bond acceptors (Lipinski definition) is 4. The van der Waals surface area contributed by atoms with Crippen LogP contribution in [0.25, 0.3) is 0 Å². The molecule has 0 bridgehead atoms. The lowest BCUT2D eigenvalue weighted by Crippen LogP contribution is -2.55. The molecule has 1 unspecified atom stereocenters. The van der Waals surface area contributed by atoms with E-state index in [1.165, 1.54) is 0 Å². The number of β-amino-alcohol motifs (C(OH)–C–C–N with tert-alkyl or cyclic N) is 1. The Bertz CT molecular complexity index is 182. The van der Waals surface area contributed by atoms with Gasteiger partial charge in [0.15, 0.2) is 0 Å². The molecule has 0 radical (unpaired) electrons. The molecule has 1 heterocycles. The normalized spacial score (nSPS) is 30.2. The largest absolute Gasteiger partial charge is 0.394 e. The number of nitrogens with zero attached hydrogens (tertiary/aromatic N) is 1. The summed E-state index contributed by atoms with van der Waals surface area (Å²) in [7, 11) is 0. The summed E-state index contributed by atoms with van der Waals surface area (Å²) in [5.41, 5.74) is -0.236. The van der Waals surface area contributed by atoms with Crippen LogP contribution in [0.4, 0.5) is 0 Å². The molecule has 1 saturated heterocycles. The fraction of sp³-hybridized carbons (Fsp3) is 1.00. The molecular weight excluding hydrogens is 182 g/mol. The fourth-order valence-electron chi connectivity index (χ4n) is 2.02. The van der Waals surface area contributed by atoms with Crippen LogP contribution in [0.1, 0.15) is 20.8 Å². The zero-order valence-corrected chi connectivity index (χ0v) is 9.23. The highest BCUT2D eigenvalue weighted by Crippen LogP contribution is 2.20. The van der Waals surface area contributed by atoms with E-state index in [4.69, 9.17) is 9.84 Å². The third-order valence-corrected chi connectivity index (χ3v) is 2.28. The summed E-state index contributed by atoms with van der Waals surface area (Å²) in [5, 5.41) is 18.3. The van der Waals surface area contributed by atoms with Crippen LogP contribution in [-0.2, 0) is 4.74 Å². The minimum absolute atomic E-state index is 0.0414. The summed E-state index contributed by atoms with van der Waals surface area (Å²) in [6.07, 6.45) is -0.458. The van der Waals surface area contributed by atoms with Crippen LogP contribution in [0, 0.1) is 0 Å². The zero-order chi connectivity index (χ0) is 10.8. The Morgan fingerprint density at radius 2 is 2.21 bits per heavy atom. The molecule has 0 aromatic heterocycles. The van der Waals surface area contributed by atoms with E-state index in [0.717, 1.165) is 6.54 Å². The van der Waals surface area contributed by atoms with Gasteiger partial charge in [-0.1, -0.05) is 0 Å². The van der Waals surface area contributed by atoms with E-state index in [-0.39, 0.29) is 24.4 Å². The molecule has 1 aliphatic heterocycles. The lowest BCUT2D eigenvalue weighted by atomic mass is 10.1. The summed E-state index contributed by atoms with van der Waals surface area (Å²) in [5.74, 6) is 0. The van der Waals surface area contributed by atoms with Crippen molar-refractivity contribution < 1.29 is 14.9 Å². The number of rotatable bonds is 3. The van der Waals surface area contributed by atoms with Crippen molar-refractivity contribution in [3.63, 3.8) is 0 Å². The average Bonchev–Trinajstić information content (AvgIpc) is 1.99. The SMILES string of the molecule is C[C@H](O)CN1CC(CO)OC(C)(C)C1. The molecule has 1 aliphatic rings. The zero-order valence-electron chi connectivity index (χ0n) is 9.23. The van der Waals surface area contributed by atoms with Gasteiger partial charge in [-0.25, -0.2) is 0 Å². The van der Waals surface area contributed by atoms with Gasteiger partial charge in [-0.2, -0.15) is 0 Å². The Morgan fingerprint density at radius 3 is 2.71 bits per heavy atom. The first-order chi connectivity index (χ1) is 6.43. The van der Waals surface area contributed by atoms with E-state index in [9.17, 15) is 5.11 Å². The first-order valence-corrected chi connectivity index (χ1v) is 5.12. The van der Waals surface area contributed by atoms with E-state index >= 15 is 0 Å². The minimum atomic E-state index is -0.330. The van der Waals surface area contributed by atoms with Crippen LogP contribution in [0.2, 0.25) is 0 Å². The van der Waals surface area contributed by atoms with E-state index in [1.54, 1.807) is 6.92 Å². The van der Waals surface area contributed by atoms with Crippen LogP contribution in [0.3, 0.4) is 0 Å². The summed E-state index contributed by atoms with van der Waals surface area (Å²) in [6, 6.07) is 0. The highest BCUT2D eigenvalue weighted by Gasteiger charge is 2.33. The van der Waals surface area contributed by atoms with Gasteiger partial charge in [-0.05, 0) is 20.8 Å². The number of aliphatic hydroxyl groups is 2. The summed E-state index contributed by atoms with van der Waals surface area (Å²) >= 11 is 0. The average molecular weight is 203 g/mol. The van der Waals surface area contributed by atoms with E-state index in [0.29, 0.717) is 13.1 Å². The quantitative estimate of drug-likeness (QED) is 0.669. The molecule has 1 rings (SSSR count). The summed E-state index contributed by atoms with van der Waals surface area (Å²) < 4.78 is 5.66. The molecule has 0 aromatic rings. The second-order valence-corrected chi connectivity index (χ2v) is 4.73. The number of aliphatic hydroxyl groups excluding tert-OH is 2. The van der Waals surface area contributed by atoms with Gasteiger partial charge in [0, 0.05) is 19.6 Å². The minimum Gasteiger partial charge on any atom is -0.394 e. The molecule has 4 nitrogen and oxygen atoms in total. The highest BCUT2D eigenvalue weighted by molar-refractivity contribution is 4.84. The lowest BCUT2D eigenvalue weighted by Gasteiger charge is -2.42. The Balaban J connectivity index is 2.52. The van der Waals surface area contributed by atoms with Gasteiger partial charge < -0.3 is 14.9 Å². The first kappa shape index (κ1) is 11.9. The predicted molar refractivity (Wildman–Crippen MR) is 54.2 cm³/mol. The van der Waals surface area contributed by atoms with Gasteiger partial charge in [0.25, 0.3) is 0 Å². The Hall–Kier alpha value is -0.160. The van der Waals surface area contributed by atoms with E-state index < -0.39 is 0 Å². The highest BCUT2D eigenvalue weighted by atomic mass is 16.5. The van der Waals surface area contributed by atoms with E-state index in [1.807, 2.05) is 13.8 Å². The molecule has 2 atom stereocenters. The van der Waals surface area contributed by atoms with Crippen molar-refractivity contribution in [3.05, 3.63) is 0 Å². The fourth-order valence-corrected chi connectivity index (χ4v) is 2.02. The lowest BCUT2D eigenvalue weighted by molar-refractivity contribution is -0.152. The van der Waals surface area contributed by atoms with Crippen molar-refractivity contribution in [2.45, 2.75) is 38.6 Å². The maximum atomic E-state index is 9.29. The van der Waals surface area contributed by atoms with Crippen LogP contribution < -0.4 is 0 Å². The molecule has 0 aromatic carbocycles. The molecule has 0 amide bonds. The van der Waals surface area contributed by atoms with Gasteiger partial charge >= 0.3 is 0 Å². The monoisotopic (exact) mass is 203 g/mol. The topological polar surface area (TPSA) is 52.9 Å². The third-order valence-electron chi connectivity index (χ3n) is 2.28. The molecule has 1 fully saturated rings. The second-order valence-electron chi connectivity index (χ2n) is 4.73. The first-order valence-electron chi connectivity index (χ1n) is 5.12. The van der Waals surface area contributed by atoms with Gasteiger partial charge in [0.1, 0.15) is 0 Å². The van der Waals surface area contributed by atoms with Gasteiger partial charge in [0.2, 0.25) is 0 Å². The van der Waals surface area contributed by atoms with Gasteiger partial charge in [-0.15, -0.1) is 0 Å². The number of morpholine rings is 1. The molecule has 0 saturated carbocycles. The van der Waals surface area contributed by atoms with Crippen molar-refractivity contribution >= 4 is 0 Å². The van der Waals surface area contributed by atoms with Crippen molar-refractivity contribution in [1.29, 1.82) is 0 Å². The number of hydrogen-bond donors (Lipinski definition) is 2. The van der Waals surface area contributed by atoms with Crippen molar-refractivity contribution in [2.24, 2.45) is 0 Å². The second kappa shape index (κ2) is 4.57. The van der Waals surface area contributed by atoms with Crippen LogP contribution in [0.15, 0.2) is 0 Å². The van der Waals surface area contributed by atoms with E-state index in [2.05, 4.69) is 4.90 Å². The molecule has 84 valence electrons. The van der Waals surface area contributed by atoms with Crippen molar-refractivity contribution in [1.82, 2.24) is 4.90 Å². The Labute approximate surface area is 85.5 Å². The molecule has 0 spiro atoms. The maximum absolute atomic E-state index is 9.29. The molecule has 14 heavy (non-hydrogen) atoms. The predicted octanol–water partition coefficient (Wildman–Crippen LogP) is -0.161.